The van der Waals surface area contributed by atoms with Crippen LogP contribution in [-0.4, -0.2) is 17.0 Å². The predicted molar refractivity (Wildman–Crippen MR) is 106 cm³/mol. The zero-order valence-corrected chi connectivity index (χ0v) is 16.4. The third-order valence-electron chi connectivity index (χ3n) is 5.99. The Balaban J connectivity index is 2.10. The lowest BCUT2D eigenvalue weighted by molar-refractivity contribution is -0.118. The quantitative estimate of drug-likeness (QED) is 0.845. The smallest absolute Gasteiger partial charge is 0.335 e. The molecular weight excluding hydrogens is 338 g/mol. The largest absolute Gasteiger partial charge is 0.478 e. The van der Waals surface area contributed by atoms with E-state index in [-0.39, 0.29) is 16.4 Å². The van der Waals surface area contributed by atoms with Crippen molar-refractivity contribution in [3.05, 3.63) is 70.3 Å². The second-order valence-corrected chi connectivity index (χ2v) is 8.84. The molecule has 0 radical (unpaired) electrons. The highest BCUT2D eigenvalue weighted by Gasteiger charge is 2.37. The van der Waals surface area contributed by atoms with E-state index in [1.54, 1.807) is 12.1 Å². The van der Waals surface area contributed by atoms with Gasteiger partial charge in [-0.15, -0.1) is 0 Å². The first kappa shape index (κ1) is 19.2. The molecular formula is C23H27NO3. The number of primary amides is 1. The lowest BCUT2D eigenvalue weighted by Crippen LogP contribution is -2.34. The summed E-state index contributed by atoms with van der Waals surface area (Å²) in [5, 5.41) is 9.09. The molecule has 3 N–H and O–H groups in total. The van der Waals surface area contributed by atoms with E-state index in [4.69, 9.17) is 10.8 Å². The van der Waals surface area contributed by atoms with Gasteiger partial charge in [0.15, 0.2) is 0 Å². The molecule has 0 aliphatic heterocycles. The molecule has 4 nitrogen and oxygen atoms in total. The topological polar surface area (TPSA) is 80.4 Å². The molecule has 0 heterocycles. The van der Waals surface area contributed by atoms with Gasteiger partial charge in [-0.25, -0.2) is 4.79 Å². The van der Waals surface area contributed by atoms with Crippen molar-refractivity contribution in [1.29, 1.82) is 0 Å². The van der Waals surface area contributed by atoms with Crippen molar-refractivity contribution in [2.45, 2.75) is 57.3 Å². The number of carbonyl (C=O) groups is 2. The van der Waals surface area contributed by atoms with Crippen LogP contribution in [-0.2, 0) is 15.6 Å². The summed E-state index contributed by atoms with van der Waals surface area (Å²) in [5.41, 5.74) is 10.2. The molecule has 3 rings (SSSR count). The van der Waals surface area contributed by atoms with Crippen LogP contribution in [0.25, 0.3) is 0 Å². The molecule has 27 heavy (non-hydrogen) atoms. The maximum atomic E-state index is 12.3. The van der Waals surface area contributed by atoms with Gasteiger partial charge in [-0.3, -0.25) is 4.79 Å². The van der Waals surface area contributed by atoms with Crippen LogP contribution in [0, 0.1) is 0 Å². The Hall–Kier alpha value is -2.62. The van der Waals surface area contributed by atoms with Gasteiger partial charge in [-0.05, 0) is 58.1 Å². The van der Waals surface area contributed by atoms with Gasteiger partial charge in [0.2, 0.25) is 5.91 Å². The lowest BCUT2D eigenvalue weighted by atomic mass is 9.62. The highest BCUT2D eigenvalue weighted by atomic mass is 16.4. The maximum Gasteiger partial charge on any atom is 0.335 e. The minimum atomic E-state index is -0.991. The van der Waals surface area contributed by atoms with Crippen LogP contribution in [0.15, 0.2) is 42.5 Å². The van der Waals surface area contributed by atoms with Crippen LogP contribution in [0.3, 0.4) is 0 Å². The average Bonchev–Trinajstić information content (AvgIpc) is 2.59. The molecule has 1 aliphatic carbocycles. The summed E-state index contributed by atoms with van der Waals surface area (Å²) in [6.07, 6.45) is 2.22. The zero-order valence-electron chi connectivity index (χ0n) is 16.4. The average molecular weight is 365 g/mol. The van der Waals surface area contributed by atoms with E-state index in [0.717, 1.165) is 18.4 Å². The van der Waals surface area contributed by atoms with E-state index >= 15 is 0 Å². The highest BCUT2D eigenvalue weighted by molar-refractivity contribution is 5.89. The van der Waals surface area contributed by atoms with Gasteiger partial charge >= 0.3 is 5.97 Å². The fourth-order valence-corrected chi connectivity index (χ4v) is 4.12. The first-order valence-corrected chi connectivity index (χ1v) is 9.30. The number of hydrogen-bond acceptors (Lipinski definition) is 2. The number of amides is 1. The van der Waals surface area contributed by atoms with E-state index in [2.05, 4.69) is 39.8 Å². The third-order valence-corrected chi connectivity index (χ3v) is 5.99. The number of nitrogens with two attached hydrogens (primary N) is 1. The number of rotatable bonds is 4. The Morgan fingerprint density at radius 3 is 1.93 bits per heavy atom. The van der Waals surface area contributed by atoms with E-state index in [9.17, 15) is 9.59 Å². The molecule has 0 saturated heterocycles. The summed E-state index contributed by atoms with van der Waals surface area (Å²) in [5.74, 6) is -2.03. The van der Waals surface area contributed by atoms with Crippen molar-refractivity contribution < 1.29 is 14.7 Å². The molecule has 142 valence electrons. The third kappa shape index (κ3) is 3.48. The van der Waals surface area contributed by atoms with Crippen molar-refractivity contribution in [3.63, 3.8) is 0 Å². The Kier molecular flexibility index (Phi) is 4.62. The van der Waals surface area contributed by atoms with Crippen molar-refractivity contribution in [3.8, 4) is 0 Å². The molecule has 0 spiro atoms. The molecule has 0 saturated carbocycles. The number of aromatic carboxylic acids is 1. The molecule has 2 aromatic carbocycles. The van der Waals surface area contributed by atoms with Crippen LogP contribution in [0.5, 0.6) is 0 Å². The lowest BCUT2D eigenvalue weighted by Gasteiger charge is -2.42. The molecule has 1 atom stereocenters. The Labute approximate surface area is 160 Å². The maximum absolute atomic E-state index is 12.3. The van der Waals surface area contributed by atoms with Crippen molar-refractivity contribution in [2.24, 2.45) is 5.73 Å². The van der Waals surface area contributed by atoms with Gasteiger partial charge in [-0.2, -0.15) is 0 Å². The molecule has 2 aromatic rings. The van der Waals surface area contributed by atoms with Gasteiger partial charge in [0, 0.05) is 0 Å². The molecule has 1 aliphatic rings. The van der Waals surface area contributed by atoms with Crippen LogP contribution in [0.4, 0.5) is 0 Å². The monoisotopic (exact) mass is 365 g/mol. The summed E-state index contributed by atoms with van der Waals surface area (Å²) >= 11 is 0. The number of fused-ring (bicyclic) bond motifs is 1. The van der Waals surface area contributed by atoms with Crippen molar-refractivity contribution in [1.82, 2.24) is 0 Å². The highest BCUT2D eigenvalue weighted by Crippen LogP contribution is 2.46. The molecule has 4 heteroatoms. The van der Waals surface area contributed by atoms with Gasteiger partial charge in [0.1, 0.15) is 0 Å². The SMILES string of the molecule is CC1(C)CCC(C)(C)c2cc(C(C(N)=O)c3ccc(C(=O)O)cc3)ccc21. The van der Waals surface area contributed by atoms with Gasteiger partial charge in [0.05, 0.1) is 11.5 Å². The van der Waals surface area contributed by atoms with Gasteiger partial charge in [-0.1, -0.05) is 58.0 Å². The minimum absolute atomic E-state index is 0.0379. The summed E-state index contributed by atoms with van der Waals surface area (Å²) in [6, 6.07) is 12.6. The molecule has 1 amide bonds. The fourth-order valence-electron chi connectivity index (χ4n) is 4.12. The Bertz CT molecular complexity index is 894. The number of benzene rings is 2. The molecule has 0 bridgehead atoms. The summed E-state index contributed by atoms with van der Waals surface area (Å²) < 4.78 is 0. The second kappa shape index (κ2) is 6.52. The fraction of sp³-hybridized carbons (Fsp3) is 0.391. The standard InChI is InChI=1S/C23H27NO3/c1-22(2)11-12-23(3,4)18-13-16(9-10-17(18)22)19(20(24)25)14-5-7-15(8-6-14)21(26)27/h5-10,13,19H,11-12H2,1-4H3,(H2,24,25)(H,26,27). The Morgan fingerprint density at radius 2 is 1.41 bits per heavy atom. The van der Waals surface area contributed by atoms with Crippen molar-refractivity contribution in [2.75, 3.05) is 0 Å². The number of carboxylic acids is 1. The van der Waals surface area contributed by atoms with Crippen LogP contribution >= 0.6 is 0 Å². The van der Waals surface area contributed by atoms with Crippen LogP contribution in [0.1, 0.15) is 79.1 Å². The van der Waals surface area contributed by atoms with E-state index in [0.29, 0.717) is 5.56 Å². The zero-order chi connectivity index (χ0) is 20.0. The molecule has 1 unspecified atom stereocenters. The van der Waals surface area contributed by atoms with Crippen molar-refractivity contribution >= 4 is 11.9 Å². The van der Waals surface area contributed by atoms with Gasteiger partial charge < -0.3 is 10.8 Å². The van der Waals surface area contributed by atoms with E-state index < -0.39 is 17.8 Å². The van der Waals surface area contributed by atoms with E-state index in [1.807, 2.05) is 6.07 Å². The summed E-state index contributed by atoms with van der Waals surface area (Å²) in [4.78, 5) is 23.4. The normalized spacial score (nSPS) is 18.4. The number of carboxylic acid groups (broad SMARTS) is 1. The predicted octanol–water partition coefficient (Wildman–Crippen LogP) is 4.35. The van der Waals surface area contributed by atoms with E-state index in [1.165, 1.54) is 23.3 Å². The van der Waals surface area contributed by atoms with Crippen LogP contribution < -0.4 is 5.73 Å². The molecule has 0 aromatic heterocycles. The minimum Gasteiger partial charge on any atom is -0.478 e. The first-order valence-electron chi connectivity index (χ1n) is 9.30. The number of carbonyl (C=O) groups excluding carboxylic acids is 1. The summed E-state index contributed by atoms with van der Waals surface area (Å²) in [6.45, 7) is 9.01. The Morgan fingerprint density at radius 1 is 0.889 bits per heavy atom. The van der Waals surface area contributed by atoms with Gasteiger partial charge in [0.25, 0.3) is 0 Å². The second-order valence-electron chi connectivity index (χ2n) is 8.84. The number of hydrogen-bond donors (Lipinski definition) is 2. The first-order chi connectivity index (χ1) is 12.5. The van der Waals surface area contributed by atoms with Crippen LogP contribution in [0.2, 0.25) is 0 Å². The summed E-state index contributed by atoms with van der Waals surface area (Å²) in [7, 11) is 0. The molecule has 0 fully saturated rings.